The second-order valence-corrected chi connectivity index (χ2v) is 4.74. The van der Waals surface area contributed by atoms with Crippen molar-refractivity contribution in [3.8, 4) is 0 Å². The van der Waals surface area contributed by atoms with Gasteiger partial charge in [-0.25, -0.2) is 0 Å². The van der Waals surface area contributed by atoms with Crippen LogP contribution in [0.25, 0.3) is 5.03 Å². The Hall–Kier alpha value is -1.08. The molecule has 0 unspecified atom stereocenters. The third kappa shape index (κ3) is 4.80. The lowest BCUT2D eigenvalue weighted by Gasteiger charge is -2.09. The van der Waals surface area contributed by atoms with Crippen LogP contribution in [0.5, 0.6) is 0 Å². The van der Waals surface area contributed by atoms with Gasteiger partial charge in [-0.1, -0.05) is 41.9 Å². The standard InChI is InChI=1S/C13H16ClN/c1-13(2,3)15-10-9-12(14)11-7-5-4-6-8-11/h4-10H,1-3H3/b12-9-,15-10?. The van der Waals surface area contributed by atoms with Crippen LogP contribution in [0.1, 0.15) is 26.3 Å². The molecule has 1 aromatic carbocycles. The topological polar surface area (TPSA) is 12.4 Å². The second-order valence-electron chi connectivity index (χ2n) is 4.33. The lowest BCUT2D eigenvalue weighted by Crippen LogP contribution is -2.08. The summed E-state index contributed by atoms with van der Waals surface area (Å²) in [5.74, 6) is 0. The predicted octanol–water partition coefficient (Wildman–Crippen LogP) is 4.14. The summed E-state index contributed by atoms with van der Waals surface area (Å²) in [5.41, 5.74) is 0.962. The smallest absolute Gasteiger partial charge is 0.0524 e. The van der Waals surface area contributed by atoms with Crippen LogP contribution in [0.15, 0.2) is 41.4 Å². The zero-order chi connectivity index (χ0) is 11.3. The number of hydrogen-bond donors (Lipinski definition) is 0. The van der Waals surface area contributed by atoms with E-state index in [9.17, 15) is 0 Å². The molecule has 0 aliphatic carbocycles. The third-order valence-electron chi connectivity index (χ3n) is 1.73. The fourth-order valence-corrected chi connectivity index (χ4v) is 1.20. The molecule has 0 saturated heterocycles. The molecule has 0 fully saturated rings. The first-order valence-electron chi connectivity index (χ1n) is 4.95. The van der Waals surface area contributed by atoms with Crippen LogP contribution in [0, 0.1) is 0 Å². The van der Waals surface area contributed by atoms with Crippen LogP contribution in [-0.4, -0.2) is 11.8 Å². The lowest BCUT2D eigenvalue weighted by atomic mass is 10.1. The molecule has 0 atom stereocenters. The predicted molar refractivity (Wildman–Crippen MR) is 68.5 cm³/mol. The van der Waals surface area contributed by atoms with E-state index in [0.29, 0.717) is 5.03 Å². The first-order valence-corrected chi connectivity index (χ1v) is 5.33. The first-order chi connectivity index (χ1) is 6.99. The van der Waals surface area contributed by atoms with Crippen molar-refractivity contribution in [2.24, 2.45) is 4.99 Å². The van der Waals surface area contributed by atoms with Gasteiger partial charge in [0.25, 0.3) is 0 Å². The lowest BCUT2D eigenvalue weighted by molar-refractivity contribution is 0.587. The van der Waals surface area contributed by atoms with E-state index in [4.69, 9.17) is 11.6 Å². The van der Waals surface area contributed by atoms with Gasteiger partial charge in [0.2, 0.25) is 0 Å². The van der Waals surface area contributed by atoms with E-state index < -0.39 is 0 Å². The number of benzene rings is 1. The van der Waals surface area contributed by atoms with Crippen molar-refractivity contribution < 1.29 is 0 Å². The zero-order valence-electron chi connectivity index (χ0n) is 9.37. The van der Waals surface area contributed by atoms with Crippen molar-refractivity contribution in [1.29, 1.82) is 0 Å². The molecule has 0 aromatic heterocycles. The number of aliphatic imine (C=N–C) groups is 1. The van der Waals surface area contributed by atoms with Crippen molar-refractivity contribution in [2.75, 3.05) is 0 Å². The molecular formula is C13H16ClN. The maximum Gasteiger partial charge on any atom is 0.0524 e. The van der Waals surface area contributed by atoms with Crippen molar-refractivity contribution >= 4 is 22.8 Å². The van der Waals surface area contributed by atoms with E-state index in [1.54, 1.807) is 6.21 Å². The summed E-state index contributed by atoms with van der Waals surface area (Å²) < 4.78 is 0. The molecule has 0 N–H and O–H groups in total. The number of halogens is 1. The van der Waals surface area contributed by atoms with E-state index in [1.165, 1.54) is 0 Å². The van der Waals surface area contributed by atoms with Gasteiger partial charge in [0, 0.05) is 11.2 Å². The molecule has 1 nitrogen and oxygen atoms in total. The Kier molecular flexibility index (Phi) is 4.10. The Morgan fingerprint density at radius 3 is 2.33 bits per heavy atom. The average molecular weight is 222 g/mol. The summed E-state index contributed by atoms with van der Waals surface area (Å²) in [5, 5.41) is 0.712. The molecule has 1 aromatic rings. The number of hydrogen-bond acceptors (Lipinski definition) is 1. The van der Waals surface area contributed by atoms with E-state index in [-0.39, 0.29) is 5.54 Å². The molecule has 0 bridgehead atoms. The first kappa shape index (κ1) is 12.0. The molecule has 0 saturated carbocycles. The monoisotopic (exact) mass is 221 g/mol. The Bertz CT molecular complexity index is 358. The molecule has 0 amide bonds. The summed E-state index contributed by atoms with van der Waals surface area (Å²) in [6, 6.07) is 9.85. The van der Waals surface area contributed by atoms with Crippen LogP contribution in [0.4, 0.5) is 0 Å². The molecule has 80 valence electrons. The summed E-state index contributed by atoms with van der Waals surface area (Å²) in [7, 11) is 0. The van der Waals surface area contributed by atoms with Crippen LogP contribution < -0.4 is 0 Å². The highest BCUT2D eigenvalue weighted by molar-refractivity contribution is 6.49. The molecule has 0 spiro atoms. The van der Waals surface area contributed by atoms with Crippen molar-refractivity contribution in [1.82, 2.24) is 0 Å². The SMILES string of the molecule is CC(C)(C)N=C/C=C(\Cl)c1ccccc1. The van der Waals surface area contributed by atoms with Gasteiger partial charge < -0.3 is 0 Å². The van der Waals surface area contributed by atoms with E-state index in [2.05, 4.69) is 4.99 Å². The molecular weight excluding hydrogens is 206 g/mol. The summed E-state index contributed by atoms with van der Waals surface area (Å²) in [6.45, 7) is 6.15. The minimum absolute atomic E-state index is 0.0512. The maximum atomic E-state index is 6.10. The fraction of sp³-hybridized carbons (Fsp3) is 0.308. The van der Waals surface area contributed by atoms with Gasteiger partial charge in [-0.05, 0) is 32.4 Å². The minimum atomic E-state index is -0.0512. The molecule has 15 heavy (non-hydrogen) atoms. The quantitative estimate of drug-likeness (QED) is 0.666. The van der Waals surface area contributed by atoms with Crippen molar-refractivity contribution in [2.45, 2.75) is 26.3 Å². The Balaban J connectivity index is 2.74. The van der Waals surface area contributed by atoms with Gasteiger partial charge in [0.1, 0.15) is 0 Å². The maximum absolute atomic E-state index is 6.10. The van der Waals surface area contributed by atoms with Gasteiger partial charge in [0.15, 0.2) is 0 Å². The number of rotatable bonds is 2. The minimum Gasteiger partial charge on any atom is -0.287 e. The zero-order valence-corrected chi connectivity index (χ0v) is 10.1. The van der Waals surface area contributed by atoms with Gasteiger partial charge in [-0.15, -0.1) is 0 Å². The molecule has 0 aliphatic rings. The van der Waals surface area contributed by atoms with Crippen LogP contribution in [-0.2, 0) is 0 Å². The Morgan fingerprint density at radius 2 is 1.80 bits per heavy atom. The van der Waals surface area contributed by atoms with Gasteiger partial charge in [-0.2, -0.15) is 0 Å². The Morgan fingerprint density at radius 1 is 1.20 bits per heavy atom. The molecule has 2 heteroatoms. The third-order valence-corrected chi connectivity index (χ3v) is 2.08. The highest BCUT2D eigenvalue weighted by atomic mass is 35.5. The summed E-state index contributed by atoms with van der Waals surface area (Å²) in [4.78, 5) is 4.34. The average Bonchev–Trinajstić information content (AvgIpc) is 2.17. The number of nitrogens with zero attached hydrogens (tertiary/aromatic N) is 1. The summed E-state index contributed by atoms with van der Waals surface area (Å²) in [6.07, 6.45) is 3.58. The molecule has 1 rings (SSSR count). The molecule has 0 heterocycles. The highest BCUT2D eigenvalue weighted by Gasteiger charge is 2.03. The van der Waals surface area contributed by atoms with E-state index in [0.717, 1.165) is 5.56 Å². The molecule has 0 radical (unpaired) electrons. The fourth-order valence-electron chi connectivity index (χ4n) is 1.02. The second kappa shape index (κ2) is 5.13. The van der Waals surface area contributed by atoms with Crippen LogP contribution in [0.3, 0.4) is 0 Å². The largest absolute Gasteiger partial charge is 0.287 e. The van der Waals surface area contributed by atoms with Gasteiger partial charge in [0.05, 0.1) is 5.54 Å². The number of allylic oxidation sites excluding steroid dienone is 1. The van der Waals surface area contributed by atoms with Crippen molar-refractivity contribution in [3.63, 3.8) is 0 Å². The normalized spacial score (nSPS) is 13.5. The van der Waals surface area contributed by atoms with Gasteiger partial charge in [-0.3, -0.25) is 4.99 Å². The van der Waals surface area contributed by atoms with Crippen LogP contribution >= 0.6 is 11.6 Å². The highest BCUT2D eigenvalue weighted by Crippen LogP contribution is 2.17. The summed E-state index contributed by atoms with van der Waals surface area (Å²) >= 11 is 6.10. The van der Waals surface area contributed by atoms with E-state index >= 15 is 0 Å². The Labute approximate surface area is 96.5 Å². The molecule has 0 aliphatic heterocycles. The van der Waals surface area contributed by atoms with Crippen LogP contribution in [0.2, 0.25) is 0 Å². The van der Waals surface area contributed by atoms with E-state index in [1.807, 2.05) is 57.2 Å². The van der Waals surface area contributed by atoms with Gasteiger partial charge >= 0.3 is 0 Å². The van der Waals surface area contributed by atoms with Crippen molar-refractivity contribution in [3.05, 3.63) is 42.0 Å².